The van der Waals surface area contributed by atoms with Gasteiger partial charge in [-0.2, -0.15) is 0 Å². The van der Waals surface area contributed by atoms with Gasteiger partial charge in [-0.3, -0.25) is 0 Å². The molecule has 0 bridgehead atoms. The summed E-state index contributed by atoms with van der Waals surface area (Å²) in [6, 6.07) is 0. The van der Waals surface area contributed by atoms with Crippen molar-refractivity contribution in [1.29, 1.82) is 0 Å². The van der Waals surface area contributed by atoms with Gasteiger partial charge in [0.25, 0.3) is 0 Å². The molecule has 0 saturated carbocycles. The van der Waals surface area contributed by atoms with E-state index < -0.39 is 0 Å². The van der Waals surface area contributed by atoms with Crippen molar-refractivity contribution in [2.24, 2.45) is 5.41 Å². The van der Waals surface area contributed by atoms with E-state index in [4.69, 9.17) is 0 Å². The summed E-state index contributed by atoms with van der Waals surface area (Å²) < 4.78 is 0. The van der Waals surface area contributed by atoms with Gasteiger partial charge < -0.3 is 0 Å². The first-order valence-electron chi connectivity index (χ1n) is 15.7. The molecule has 0 nitrogen and oxygen atoms in total. The smallest absolute Gasteiger partial charge is 0.0297 e. The Labute approximate surface area is 206 Å². The molecule has 0 aromatic rings. The topological polar surface area (TPSA) is 0 Å². The molecular formula is C32H66. The second-order valence-corrected chi connectivity index (χ2v) is 11.2. The van der Waals surface area contributed by atoms with Crippen molar-refractivity contribution in [3.05, 3.63) is 0 Å². The number of hydrogen-bond acceptors (Lipinski definition) is 0. The fraction of sp³-hybridized carbons (Fsp3) is 1.00. The zero-order valence-corrected chi connectivity index (χ0v) is 23.6. The molecule has 0 radical (unpaired) electrons. The number of rotatable bonds is 27. The third kappa shape index (κ3) is 20.6. The molecule has 0 N–H and O–H groups in total. The second kappa shape index (κ2) is 25.6. The van der Waals surface area contributed by atoms with Gasteiger partial charge in [-0.1, -0.05) is 175 Å². The van der Waals surface area contributed by atoms with Crippen LogP contribution in [0, 0.1) is 5.41 Å². The summed E-state index contributed by atoms with van der Waals surface area (Å²) in [7, 11) is 0. The first kappa shape index (κ1) is 32.0. The van der Waals surface area contributed by atoms with Crippen LogP contribution in [0.4, 0.5) is 0 Å². The summed E-state index contributed by atoms with van der Waals surface area (Å²) in [6.07, 6.45) is 39.7. The highest BCUT2D eigenvalue weighted by Gasteiger charge is 2.28. The van der Waals surface area contributed by atoms with Gasteiger partial charge in [0.05, 0.1) is 0 Å². The zero-order valence-electron chi connectivity index (χ0n) is 23.6. The Morgan fingerprint density at radius 3 is 0.656 bits per heavy atom. The summed E-state index contributed by atoms with van der Waals surface area (Å²) in [5, 5.41) is 0. The lowest BCUT2D eigenvalue weighted by atomic mass is 9.70. The first-order valence-corrected chi connectivity index (χ1v) is 15.7. The molecule has 0 aliphatic rings. The normalized spacial score (nSPS) is 12.0. The SMILES string of the molecule is CCCCCCCCC(CCCCCCC)(CCCCCCCC)CCCCCCCC. The van der Waals surface area contributed by atoms with Crippen LogP contribution >= 0.6 is 0 Å². The summed E-state index contributed by atoms with van der Waals surface area (Å²) in [6.45, 7) is 9.36. The molecule has 0 aromatic heterocycles. The number of unbranched alkanes of at least 4 members (excludes halogenated alkanes) is 19. The second-order valence-electron chi connectivity index (χ2n) is 11.2. The summed E-state index contributed by atoms with van der Waals surface area (Å²) in [5.74, 6) is 0. The summed E-state index contributed by atoms with van der Waals surface area (Å²) in [5.41, 5.74) is 0.687. The van der Waals surface area contributed by atoms with Crippen molar-refractivity contribution in [2.75, 3.05) is 0 Å². The van der Waals surface area contributed by atoms with Crippen molar-refractivity contribution in [2.45, 2.75) is 201 Å². The highest BCUT2D eigenvalue weighted by molar-refractivity contribution is 4.80. The van der Waals surface area contributed by atoms with Gasteiger partial charge in [-0.15, -0.1) is 0 Å². The summed E-state index contributed by atoms with van der Waals surface area (Å²) in [4.78, 5) is 0. The van der Waals surface area contributed by atoms with Crippen LogP contribution in [0.25, 0.3) is 0 Å². The third-order valence-electron chi connectivity index (χ3n) is 7.99. The van der Waals surface area contributed by atoms with Crippen molar-refractivity contribution in [3.8, 4) is 0 Å². The zero-order chi connectivity index (χ0) is 23.6. The molecule has 0 heterocycles. The quantitative estimate of drug-likeness (QED) is 0.109. The maximum Gasteiger partial charge on any atom is -0.0297 e. The molecule has 0 rings (SSSR count). The fourth-order valence-corrected chi connectivity index (χ4v) is 5.69. The Morgan fingerprint density at radius 1 is 0.250 bits per heavy atom. The molecule has 0 aliphatic heterocycles. The van der Waals surface area contributed by atoms with Crippen molar-refractivity contribution in [1.82, 2.24) is 0 Å². The van der Waals surface area contributed by atoms with Crippen LogP contribution < -0.4 is 0 Å². The van der Waals surface area contributed by atoms with E-state index in [0.717, 1.165) is 0 Å². The minimum atomic E-state index is 0.687. The molecule has 194 valence electrons. The van der Waals surface area contributed by atoms with Crippen LogP contribution in [0.2, 0.25) is 0 Å². The standard InChI is InChI=1S/C32H66/c1-5-9-13-17-21-25-29-32(28-24-20-16-12-8-4,30-26-22-18-14-10-6-2)31-27-23-19-15-11-7-3/h5-31H2,1-4H3. The molecule has 0 spiro atoms. The Morgan fingerprint density at radius 2 is 0.438 bits per heavy atom. The van der Waals surface area contributed by atoms with Gasteiger partial charge >= 0.3 is 0 Å². The predicted molar refractivity (Wildman–Crippen MR) is 150 cm³/mol. The molecule has 0 aliphatic carbocycles. The third-order valence-corrected chi connectivity index (χ3v) is 7.99. The van der Waals surface area contributed by atoms with Gasteiger partial charge in [0.1, 0.15) is 0 Å². The molecule has 0 aromatic carbocycles. The van der Waals surface area contributed by atoms with Gasteiger partial charge in [0.2, 0.25) is 0 Å². The van der Waals surface area contributed by atoms with E-state index in [1.54, 1.807) is 0 Å². The first-order chi connectivity index (χ1) is 15.7. The van der Waals surface area contributed by atoms with Gasteiger partial charge in [0, 0.05) is 0 Å². The van der Waals surface area contributed by atoms with Crippen LogP contribution in [-0.4, -0.2) is 0 Å². The summed E-state index contributed by atoms with van der Waals surface area (Å²) >= 11 is 0. The number of hydrogen-bond donors (Lipinski definition) is 0. The maximum atomic E-state index is 2.35. The monoisotopic (exact) mass is 451 g/mol. The largest absolute Gasteiger partial charge is 0.0654 e. The van der Waals surface area contributed by atoms with Crippen molar-refractivity contribution in [3.63, 3.8) is 0 Å². The molecular weight excluding hydrogens is 384 g/mol. The Hall–Kier alpha value is 0. The molecule has 0 fully saturated rings. The van der Waals surface area contributed by atoms with E-state index in [9.17, 15) is 0 Å². The van der Waals surface area contributed by atoms with E-state index in [2.05, 4.69) is 27.7 Å². The molecule has 0 heteroatoms. The maximum absolute atomic E-state index is 2.35. The van der Waals surface area contributed by atoms with Crippen LogP contribution in [0.15, 0.2) is 0 Å². The molecule has 32 heavy (non-hydrogen) atoms. The molecule has 0 atom stereocenters. The van der Waals surface area contributed by atoms with Crippen molar-refractivity contribution >= 4 is 0 Å². The van der Waals surface area contributed by atoms with Crippen LogP contribution in [0.3, 0.4) is 0 Å². The Bertz CT molecular complexity index is 290. The van der Waals surface area contributed by atoms with Gasteiger partial charge in [0.15, 0.2) is 0 Å². The lowest BCUT2D eigenvalue weighted by Gasteiger charge is -2.35. The van der Waals surface area contributed by atoms with E-state index >= 15 is 0 Å². The van der Waals surface area contributed by atoms with Gasteiger partial charge in [-0.25, -0.2) is 0 Å². The molecule has 0 unspecified atom stereocenters. The van der Waals surface area contributed by atoms with Crippen LogP contribution in [0.5, 0.6) is 0 Å². The minimum absolute atomic E-state index is 0.687. The molecule has 0 saturated heterocycles. The van der Waals surface area contributed by atoms with E-state index in [1.165, 1.54) is 173 Å². The Balaban J connectivity index is 4.72. The van der Waals surface area contributed by atoms with Crippen molar-refractivity contribution < 1.29 is 0 Å². The van der Waals surface area contributed by atoms with E-state index in [-0.39, 0.29) is 0 Å². The lowest BCUT2D eigenvalue weighted by molar-refractivity contribution is 0.171. The minimum Gasteiger partial charge on any atom is -0.0654 e. The average Bonchev–Trinajstić information content (AvgIpc) is 2.80. The highest BCUT2D eigenvalue weighted by atomic mass is 14.3. The Kier molecular flexibility index (Phi) is 25.6. The lowest BCUT2D eigenvalue weighted by Crippen LogP contribution is -2.21. The van der Waals surface area contributed by atoms with Crippen LogP contribution in [-0.2, 0) is 0 Å². The van der Waals surface area contributed by atoms with E-state index in [1.807, 2.05) is 0 Å². The highest BCUT2D eigenvalue weighted by Crippen LogP contribution is 2.42. The fourth-order valence-electron chi connectivity index (χ4n) is 5.69. The van der Waals surface area contributed by atoms with Crippen LogP contribution in [0.1, 0.15) is 201 Å². The molecule has 0 amide bonds. The average molecular weight is 451 g/mol. The predicted octanol–water partition coefficient (Wildman–Crippen LogP) is 12.6. The van der Waals surface area contributed by atoms with E-state index in [0.29, 0.717) is 5.41 Å². The van der Waals surface area contributed by atoms with Gasteiger partial charge in [-0.05, 0) is 31.1 Å².